The van der Waals surface area contributed by atoms with Crippen LogP contribution >= 0.6 is 0 Å². The number of hydrogen-bond donors (Lipinski definition) is 3. The van der Waals surface area contributed by atoms with Crippen LogP contribution in [0.25, 0.3) is 0 Å². The van der Waals surface area contributed by atoms with Crippen molar-refractivity contribution in [3.63, 3.8) is 0 Å². The standard InChI is InChI=1S/C13H31N3/c1-2-3-4-5-10-15-11-6-7-12-16-13-8-9-14/h15-16H,2-14H2,1H3. The highest BCUT2D eigenvalue weighted by Crippen LogP contribution is 1.97. The summed E-state index contributed by atoms with van der Waals surface area (Å²) in [7, 11) is 0. The molecule has 0 amide bonds. The molecular formula is C13H31N3. The van der Waals surface area contributed by atoms with Crippen molar-refractivity contribution in [2.24, 2.45) is 5.73 Å². The second kappa shape index (κ2) is 14.9. The Bertz CT molecular complexity index is 104. The molecule has 4 N–H and O–H groups in total. The molecule has 16 heavy (non-hydrogen) atoms. The third kappa shape index (κ3) is 13.9. The largest absolute Gasteiger partial charge is 0.330 e. The Hall–Kier alpha value is -0.120. The number of hydrogen-bond acceptors (Lipinski definition) is 3. The molecule has 3 nitrogen and oxygen atoms in total. The first-order chi connectivity index (χ1) is 7.91. The van der Waals surface area contributed by atoms with Crippen LogP contribution in [-0.4, -0.2) is 32.7 Å². The molecule has 0 aliphatic rings. The quantitative estimate of drug-likeness (QED) is 0.423. The van der Waals surface area contributed by atoms with Crippen LogP contribution in [0.15, 0.2) is 0 Å². The highest BCUT2D eigenvalue weighted by molar-refractivity contribution is 4.53. The van der Waals surface area contributed by atoms with Crippen molar-refractivity contribution in [1.29, 1.82) is 0 Å². The summed E-state index contributed by atoms with van der Waals surface area (Å²) >= 11 is 0. The molecule has 0 spiro atoms. The van der Waals surface area contributed by atoms with Crippen molar-refractivity contribution < 1.29 is 0 Å². The van der Waals surface area contributed by atoms with E-state index in [0.29, 0.717) is 0 Å². The predicted molar refractivity (Wildman–Crippen MR) is 72.8 cm³/mol. The third-order valence-electron chi connectivity index (χ3n) is 2.72. The van der Waals surface area contributed by atoms with E-state index < -0.39 is 0 Å². The van der Waals surface area contributed by atoms with E-state index in [1.54, 1.807) is 0 Å². The number of rotatable bonds is 13. The van der Waals surface area contributed by atoms with Gasteiger partial charge in [0.1, 0.15) is 0 Å². The van der Waals surface area contributed by atoms with Gasteiger partial charge in [-0.25, -0.2) is 0 Å². The summed E-state index contributed by atoms with van der Waals surface area (Å²) in [5.41, 5.74) is 5.41. The van der Waals surface area contributed by atoms with Gasteiger partial charge < -0.3 is 16.4 Å². The Morgan fingerprint density at radius 3 is 1.69 bits per heavy atom. The van der Waals surface area contributed by atoms with Gasteiger partial charge in [-0.05, 0) is 58.4 Å². The smallest absolute Gasteiger partial charge is 0.00369 e. The van der Waals surface area contributed by atoms with Gasteiger partial charge in [0.15, 0.2) is 0 Å². The molecule has 0 unspecified atom stereocenters. The van der Waals surface area contributed by atoms with Crippen molar-refractivity contribution in [3.05, 3.63) is 0 Å². The summed E-state index contributed by atoms with van der Waals surface area (Å²) in [6, 6.07) is 0. The van der Waals surface area contributed by atoms with Crippen LogP contribution in [0.5, 0.6) is 0 Å². The summed E-state index contributed by atoms with van der Waals surface area (Å²) in [6.45, 7) is 7.63. The average molecular weight is 229 g/mol. The normalized spacial score (nSPS) is 10.9. The lowest BCUT2D eigenvalue weighted by atomic mass is 10.2. The molecule has 0 aromatic heterocycles. The molecule has 0 radical (unpaired) electrons. The molecule has 0 fully saturated rings. The molecule has 0 aromatic rings. The summed E-state index contributed by atoms with van der Waals surface area (Å²) in [5, 5.41) is 6.90. The van der Waals surface area contributed by atoms with Gasteiger partial charge in [0, 0.05) is 0 Å². The van der Waals surface area contributed by atoms with E-state index in [1.807, 2.05) is 0 Å². The summed E-state index contributed by atoms with van der Waals surface area (Å²) in [5.74, 6) is 0. The average Bonchev–Trinajstić information content (AvgIpc) is 2.31. The summed E-state index contributed by atoms with van der Waals surface area (Å²) in [4.78, 5) is 0. The predicted octanol–water partition coefficient (Wildman–Crippen LogP) is 1.87. The molecule has 0 heterocycles. The molecule has 0 aliphatic heterocycles. The lowest BCUT2D eigenvalue weighted by molar-refractivity contribution is 0.555. The van der Waals surface area contributed by atoms with E-state index in [1.165, 1.54) is 51.6 Å². The van der Waals surface area contributed by atoms with E-state index in [4.69, 9.17) is 5.73 Å². The van der Waals surface area contributed by atoms with E-state index in [0.717, 1.165) is 26.1 Å². The molecule has 98 valence electrons. The van der Waals surface area contributed by atoms with Crippen molar-refractivity contribution >= 4 is 0 Å². The van der Waals surface area contributed by atoms with E-state index in [-0.39, 0.29) is 0 Å². The third-order valence-corrected chi connectivity index (χ3v) is 2.72. The van der Waals surface area contributed by atoms with Crippen LogP contribution < -0.4 is 16.4 Å². The fourth-order valence-corrected chi connectivity index (χ4v) is 1.65. The maximum Gasteiger partial charge on any atom is -0.00369 e. The molecule has 0 saturated carbocycles. The lowest BCUT2D eigenvalue weighted by Crippen LogP contribution is -2.21. The van der Waals surface area contributed by atoms with Gasteiger partial charge in [0.25, 0.3) is 0 Å². The van der Waals surface area contributed by atoms with Gasteiger partial charge >= 0.3 is 0 Å². The molecule has 0 atom stereocenters. The van der Waals surface area contributed by atoms with Gasteiger partial charge in [0.2, 0.25) is 0 Å². The van der Waals surface area contributed by atoms with Crippen molar-refractivity contribution in [2.75, 3.05) is 32.7 Å². The minimum absolute atomic E-state index is 0.798. The molecule has 3 heteroatoms. The van der Waals surface area contributed by atoms with Gasteiger partial charge in [-0.15, -0.1) is 0 Å². The van der Waals surface area contributed by atoms with Crippen molar-refractivity contribution in [3.8, 4) is 0 Å². The van der Waals surface area contributed by atoms with Gasteiger partial charge in [-0.2, -0.15) is 0 Å². The first kappa shape index (κ1) is 15.9. The number of nitrogens with two attached hydrogens (primary N) is 1. The van der Waals surface area contributed by atoms with Gasteiger partial charge in [-0.3, -0.25) is 0 Å². The van der Waals surface area contributed by atoms with Crippen LogP contribution in [0.2, 0.25) is 0 Å². The second-order valence-corrected chi connectivity index (χ2v) is 4.41. The first-order valence-electron chi connectivity index (χ1n) is 7.03. The SMILES string of the molecule is CCCCCCNCCCCNCCCN. The second-order valence-electron chi connectivity index (χ2n) is 4.41. The van der Waals surface area contributed by atoms with Gasteiger partial charge in [-0.1, -0.05) is 26.2 Å². The maximum atomic E-state index is 5.41. The van der Waals surface area contributed by atoms with Crippen molar-refractivity contribution in [1.82, 2.24) is 10.6 Å². The minimum Gasteiger partial charge on any atom is -0.330 e. The Morgan fingerprint density at radius 2 is 1.19 bits per heavy atom. The minimum atomic E-state index is 0.798. The summed E-state index contributed by atoms with van der Waals surface area (Å²) < 4.78 is 0. The lowest BCUT2D eigenvalue weighted by Gasteiger charge is -2.05. The Labute approximate surface area is 102 Å². The van der Waals surface area contributed by atoms with Gasteiger partial charge in [0.05, 0.1) is 0 Å². The van der Waals surface area contributed by atoms with Crippen LogP contribution in [0.4, 0.5) is 0 Å². The van der Waals surface area contributed by atoms with Crippen LogP contribution in [-0.2, 0) is 0 Å². The Morgan fingerprint density at radius 1 is 0.688 bits per heavy atom. The zero-order valence-corrected chi connectivity index (χ0v) is 11.1. The molecule has 0 aliphatic carbocycles. The fraction of sp³-hybridized carbons (Fsp3) is 1.00. The number of unbranched alkanes of at least 4 members (excludes halogenated alkanes) is 4. The molecule has 0 bridgehead atoms. The van der Waals surface area contributed by atoms with Crippen LogP contribution in [0.3, 0.4) is 0 Å². The van der Waals surface area contributed by atoms with E-state index in [2.05, 4.69) is 17.6 Å². The molecule has 0 saturated heterocycles. The monoisotopic (exact) mass is 229 g/mol. The zero-order valence-electron chi connectivity index (χ0n) is 11.1. The topological polar surface area (TPSA) is 50.1 Å². The molecular weight excluding hydrogens is 198 g/mol. The zero-order chi connectivity index (χ0) is 11.9. The van der Waals surface area contributed by atoms with E-state index in [9.17, 15) is 0 Å². The first-order valence-corrected chi connectivity index (χ1v) is 7.03. The number of nitrogens with one attached hydrogen (secondary N) is 2. The highest BCUT2D eigenvalue weighted by atomic mass is 14.9. The van der Waals surface area contributed by atoms with Crippen LogP contribution in [0.1, 0.15) is 51.9 Å². The van der Waals surface area contributed by atoms with Crippen molar-refractivity contribution in [2.45, 2.75) is 51.9 Å². The molecule has 0 rings (SSSR count). The maximum absolute atomic E-state index is 5.41. The Balaban J connectivity index is 2.83. The highest BCUT2D eigenvalue weighted by Gasteiger charge is 1.90. The fourth-order valence-electron chi connectivity index (χ4n) is 1.65. The summed E-state index contributed by atoms with van der Waals surface area (Å²) in [6.07, 6.45) is 9.07. The van der Waals surface area contributed by atoms with E-state index >= 15 is 0 Å². The van der Waals surface area contributed by atoms with Crippen LogP contribution in [0, 0.1) is 0 Å². The molecule has 0 aromatic carbocycles. The Kier molecular flexibility index (Phi) is 14.8.